The lowest BCUT2D eigenvalue weighted by atomic mass is 10.1. The van der Waals surface area contributed by atoms with Gasteiger partial charge in [0.15, 0.2) is 16.6 Å². The van der Waals surface area contributed by atoms with Crippen molar-refractivity contribution in [2.24, 2.45) is 0 Å². The van der Waals surface area contributed by atoms with Crippen molar-refractivity contribution >= 4 is 44.0 Å². The van der Waals surface area contributed by atoms with Crippen LogP contribution < -0.4 is 14.4 Å². The number of fused-ring (bicyclic) bond motifs is 2. The summed E-state index contributed by atoms with van der Waals surface area (Å²) < 4.78 is 11.6. The molecule has 0 saturated heterocycles. The second-order valence-corrected chi connectivity index (χ2v) is 8.54. The third-order valence-corrected chi connectivity index (χ3v) is 5.95. The molecule has 12 nitrogen and oxygen atoms in total. The molecule has 4 rings (SSSR count). The first-order valence-electron chi connectivity index (χ1n) is 9.83. The van der Waals surface area contributed by atoms with E-state index in [2.05, 4.69) is 4.98 Å². The van der Waals surface area contributed by atoms with Crippen molar-refractivity contribution in [1.29, 1.82) is 0 Å². The molecule has 0 bridgehead atoms. The number of non-ortho nitro benzene ring substituents is 2. The molecule has 2 aromatic carbocycles. The molecule has 0 N–H and O–H groups in total. The Morgan fingerprint density at radius 3 is 2.27 bits per heavy atom. The van der Waals surface area contributed by atoms with Crippen LogP contribution in [-0.2, 0) is 0 Å². The van der Waals surface area contributed by atoms with Crippen LogP contribution in [0.5, 0.6) is 11.5 Å². The molecule has 0 radical (unpaired) electrons. The van der Waals surface area contributed by atoms with Gasteiger partial charge in [-0.2, -0.15) is 0 Å². The molecular formula is C20H19N5O7S. The number of carbonyl (C=O) groups excluding carboxylic acids is 1. The average Bonchev–Trinajstić information content (AvgIpc) is 3.39. The Labute approximate surface area is 191 Å². The minimum atomic E-state index is -0.764. The van der Waals surface area contributed by atoms with Gasteiger partial charge in [0.2, 0.25) is 6.79 Å². The summed E-state index contributed by atoms with van der Waals surface area (Å²) in [7, 11) is 3.80. The number of nitrogens with zero attached hydrogens (tertiary/aromatic N) is 5. The molecule has 33 heavy (non-hydrogen) atoms. The lowest BCUT2D eigenvalue weighted by Crippen LogP contribution is -2.33. The first kappa shape index (κ1) is 22.4. The maximum atomic E-state index is 13.4. The Balaban J connectivity index is 1.74. The van der Waals surface area contributed by atoms with Crippen LogP contribution in [0.1, 0.15) is 16.8 Å². The van der Waals surface area contributed by atoms with Gasteiger partial charge < -0.3 is 14.4 Å². The first-order chi connectivity index (χ1) is 15.7. The van der Waals surface area contributed by atoms with Crippen molar-refractivity contribution < 1.29 is 24.1 Å². The van der Waals surface area contributed by atoms with Gasteiger partial charge in [-0.25, -0.2) is 4.98 Å². The number of rotatable bonds is 8. The number of aromatic nitrogens is 1. The van der Waals surface area contributed by atoms with Crippen molar-refractivity contribution in [2.75, 3.05) is 38.9 Å². The maximum Gasteiger partial charge on any atom is 0.277 e. The Morgan fingerprint density at radius 1 is 1.03 bits per heavy atom. The van der Waals surface area contributed by atoms with E-state index in [1.165, 1.54) is 16.2 Å². The number of anilines is 1. The molecule has 0 fully saturated rings. The Kier molecular flexibility index (Phi) is 6.07. The highest BCUT2D eigenvalue weighted by molar-refractivity contribution is 7.22. The molecule has 0 spiro atoms. The van der Waals surface area contributed by atoms with Gasteiger partial charge in [0.05, 0.1) is 31.7 Å². The van der Waals surface area contributed by atoms with Gasteiger partial charge in [0.25, 0.3) is 17.3 Å². The zero-order chi connectivity index (χ0) is 23.7. The van der Waals surface area contributed by atoms with Gasteiger partial charge in [0.1, 0.15) is 0 Å². The number of nitro benzene ring substituents is 2. The van der Waals surface area contributed by atoms with Crippen LogP contribution in [0.4, 0.5) is 16.5 Å². The molecule has 0 saturated carbocycles. The first-order valence-corrected chi connectivity index (χ1v) is 10.7. The number of thiazole rings is 1. The highest BCUT2D eigenvalue weighted by Crippen LogP contribution is 2.40. The van der Waals surface area contributed by atoms with E-state index >= 15 is 0 Å². The summed E-state index contributed by atoms with van der Waals surface area (Å²) in [4.78, 5) is 42.4. The van der Waals surface area contributed by atoms with Gasteiger partial charge in [0, 0.05) is 30.8 Å². The fraction of sp³-hybridized carbons (Fsp3) is 0.300. The van der Waals surface area contributed by atoms with E-state index in [0.29, 0.717) is 35.1 Å². The third kappa shape index (κ3) is 4.68. The largest absolute Gasteiger partial charge is 0.454 e. The van der Waals surface area contributed by atoms with E-state index in [4.69, 9.17) is 9.47 Å². The second-order valence-electron chi connectivity index (χ2n) is 7.54. The minimum Gasteiger partial charge on any atom is -0.454 e. The third-order valence-electron chi connectivity index (χ3n) is 4.91. The summed E-state index contributed by atoms with van der Waals surface area (Å²) >= 11 is 1.25. The molecule has 172 valence electrons. The quantitative estimate of drug-likeness (QED) is 0.355. The SMILES string of the molecule is CN(C)CCCN(C(=O)c1cc([N+](=O)[O-])cc([N+](=O)[O-])c1)c1nc2cc3c(cc2s1)OCO3. The van der Waals surface area contributed by atoms with Crippen molar-refractivity contribution in [3.05, 3.63) is 56.1 Å². The lowest BCUT2D eigenvalue weighted by molar-refractivity contribution is -0.394. The summed E-state index contributed by atoms with van der Waals surface area (Å²) in [6, 6.07) is 6.40. The molecule has 0 unspecified atom stereocenters. The van der Waals surface area contributed by atoms with Crippen LogP contribution in [0, 0.1) is 20.2 Å². The fourth-order valence-corrected chi connectivity index (χ4v) is 4.34. The maximum absolute atomic E-state index is 13.4. The number of ether oxygens (including phenoxy) is 2. The molecule has 1 aliphatic rings. The molecule has 2 heterocycles. The summed E-state index contributed by atoms with van der Waals surface area (Å²) in [6.07, 6.45) is 0.592. The van der Waals surface area contributed by atoms with Crippen molar-refractivity contribution in [2.45, 2.75) is 6.42 Å². The highest BCUT2D eigenvalue weighted by atomic mass is 32.1. The van der Waals surface area contributed by atoms with Crippen LogP contribution in [0.15, 0.2) is 30.3 Å². The molecule has 1 aromatic heterocycles. The van der Waals surface area contributed by atoms with Gasteiger partial charge in [-0.15, -0.1) is 0 Å². The Morgan fingerprint density at radius 2 is 1.67 bits per heavy atom. The van der Waals surface area contributed by atoms with Crippen molar-refractivity contribution in [3.63, 3.8) is 0 Å². The standard InChI is InChI=1S/C20H19N5O7S/c1-22(2)4-3-5-23(19(26)12-6-13(24(27)28)8-14(7-12)25(29)30)20-21-15-9-16-17(32-11-31-16)10-18(15)33-20/h6-10H,3-5,11H2,1-2H3. The smallest absolute Gasteiger partial charge is 0.277 e. The zero-order valence-electron chi connectivity index (χ0n) is 17.7. The number of benzene rings is 2. The van der Waals surface area contributed by atoms with E-state index in [-0.39, 0.29) is 18.9 Å². The second kappa shape index (κ2) is 8.96. The summed E-state index contributed by atoms with van der Waals surface area (Å²) in [6.45, 7) is 1.07. The fourth-order valence-electron chi connectivity index (χ4n) is 3.34. The Bertz CT molecular complexity index is 1190. The van der Waals surface area contributed by atoms with E-state index < -0.39 is 27.1 Å². The predicted octanol–water partition coefficient (Wildman–Crippen LogP) is 3.44. The summed E-state index contributed by atoms with van der Waals surface area (Å²) in [5, 5.41) is 22.9. The van der Waals surface area contributed by atoms with Gasteiger partial charge in [-0.1, -0.05) is 11.3 Å². The average molecular weight is 473 g/mol. The molecule has 1 amide bonds. The molecule has 0 atom stereocenters. The van der Waals surface area contributed by atoms with E-state index in [0.717, 1.165) is 22.9 Å². The number of nitro groups is 2. The van der Waals surface area contributed by atoms with Crippen LogP contribution in [-0.4, -0.2) is 59.6 Å². The Hall–Kier alpha value is -3.84. The van der Waals surface area contributed by atoms with Crippen LogP contribution >= 0.6 is 11.3 Å². The van der Waals surface area contributed by atoms with Crippen LogP contribution in [0.2, 0.25) is 0 Å². The highest BCUT2D eigenvalue weighted by Gasteiger charge is 2.27. The normalized spacial score (nSPS) is 12.3. The minimum absolute atomic E-state index is 0.125. The molecule has 0 aliphatic carbocycles. The van der Waals surface area contributed by atoms with Crippen molar-refractivity contribution in [3.8, 4) is 11.5 Å². The van der Waals surface area contributed by atoms with Gasteiger partial charge in [-0.05, 0) is 27.1 Å². The number of hydrogen-bond donors (Lipinski definition) is 0. The molecule has 13 heteroatoms. The van der Waals surface area contributed by atoms with Gasteiger partial charge >= 0.3 is 0 Å². The van der Waals surface area contributed by atoms with E-state index in [9.17, 15) is 25.0 Å². The van der Waals surface area contributed by atoms with E-state index in [1.807, 2.05) is 19.0 Å². The lowest BCUT2D eigenvalue weighted by Gasteiger charge is -2.21. The predicted molar refractivity (Wildman–Crippen MR) is 120 cm³/mol. The number of amides is 1. The topological polar surface area (TPSA) is 141 Å². The number of carbonyl (C=O) groups is 1. The van der Waals surface area contributed by atoms with E-state index in [1.54, 1.807) is 12.1 Å². The summed E-state index contributed by atoms with van der Waals surface area (Å²) in [5.74, 6) is 0.524. The number of hydrogen-bond acceptors (Lipinski definition) is 10. The monoisotopic (exact) mass is 473 g/mol. The van der Waals surface area contributed by atoms with Crippen molar-refractivity contribution in [1.82, 2.24) is 9.88 Å². The zero-order valence-corrected chi connectivity index (χ0v) is 18.5. The van der Waals surface area contributed by atoms with Crippen LogP contribution in [0.3, 0.4) is 0 Å². The van der Waals surface area contributed by atoms with Crippen LogP contribution in [0.25, 0.3) is 10.2 Å². The molecule has 3 aromatic rings. The molecule has 1 aliphatic heterocycles. The summed E-state index contributed by atoms with van der Waals surface area (Å²) in [5.41, 5.74) is -0.615. The van der Waals surface area contributed by atoms with Gasteiger partial charge in [-0.3, -0.25) is 29.9 Å². The molecular weight excluding hydrogens is 454 g/mol.